The van der Waals surface area contributed by atoms with Crippen molar-refractivity contribution in [3.8, 4) is 33.6 Å². The number of hydrogen-bond acceptors (Lipinski definition) is 0. The summed E-state index contributed by atoms with van der Waals surface area (Å²) in [5.74, 6) is 0. The Bertz CT molecular complexity index is 2480. The maximum atomic E-state index is 2.47. The topological polar surface area (TPSA) is 9.86 Å². The third-order valence-corrected chi connectivity index (χ3v) is 8.89. The smallest absolute Gasteiger partial charge is 0.0641 e. The van der Waals surface area contributed by atoms with Crippen molar-refractivity contribution in [3.63, 3.8) is 0 Å². The van der Waals surface area contributed by atoms with Crippen LogP contribution in [0.3, 0.4) is 0 Å². The normalized spacial score (nSPS) is 11.6. The van der Waals surface area contributed by atoms with Crippen LogP contribution in [-0.2, 0) is 0 Å². The van der Waals surface area contributed by atoms with Crippen LogP contribution in [0, 0.1) is 0 Å². The summed E-state index contributed by atoms with van der Waals surface area (Å²) >= 11 is 0. The third-order valence-electron chi connectivity index (χ3n) is 8.89. The number of nitrogens with zero attached hydrogens (tertiary/aromatic N) is 2. The molecule has 44 heavy (non-hydrogen) atoms. The maximum absolute atomic E-state index is 2.47. The van der Waals surface area contributed by atoms with Crippen LogP contribution in [0.15, 0.2) is 170 Å². The van der Waals surface area contributed by atoms with Crippen LogP contribution in [0.5, 0.6) is 0 Å². The Kier molecular flexibility index (Phi) is 5.54. The Morgan fingerprint density at radius 3 is 1.43 bits per heavy atom. The molecule has 2 heterocycles. The molecule has 0 unspecified atom stereocenters. The summed E-state index contributed by atoms with van der Waals surface area (Å²) in [5, 5.41) is 5.04. The van der Waals surface area contributed by atoms with Gasteiger partial charge in [0.15, 0.2) is 0 Å². The lowest BCUT2D eigenvalue weighted by Crippen LogP contribution is -1.96. The van der Waals surface area contributed by atoms with Gasteiger partial charge in [0, 0.05) is 32.9 Å². The number of hydrogen-bond donors (Lipinski definition) is 0. The highest BCUT2D eigenvalue weighted by Crippen LogP contribution is 2.42. The van der Waals surface area contributed by atoms with Gasteiger partial charge in [0.25, 0.3) is 0 Å². The van der Waals surface area contributed by atoms with E-state index in [4.69, 9.17) is 0 Å². The summed E-state index contributed by atoms with van der Waals surface area (Å²) < 4.78 is 4.90. The predicted octanol–water partition coefficient (Wildman–Crippen LogP) is 11.2. The Morgan fingerprint density at radius 1 is 0.295 bits per heavy atom. The van der Waals surface area contributed by atoms with Gasteiger partial charge in [-0.25, -0.2) is 0 Å². The summed E-state index contributed by atoms with van der Waals surface area (Å²) in [4.78, 5) is 0. The summed E-state index contributed by atoms with van der Waals surface area (Å²) in [6.45, 7) is 0. The molecule has 0 aliphatic carbocycles. The SMILES string of the molecule is c1ccc(-c2cccc(-n3c4ccccc4c4c3ccc3c5ccccc5n(-c5cccc(-c6ccccc6)c5)c34)c2)cc1. The van der Waals surface area contributed by atoms with Crippen LogP contribution in [-0.4, -0.2) is 9.13 Å². The molecule has 7 aromatic carbocycles. The highest BCUT2D eigenvalue weighted by Gasteiger charge is 2.21. The zero-order valence-electron chi connectivity index (χ0n) is 24.1. The Morgan fingerprint density at radius 2 is 0.795 bits per heavy atom. The fraction of sp³-hybridized carbons (Fsp3) is 0. The van der Waals surface area contributed by atoms with Crippen molar-refractivity contribution in [2.75, 3.05) is 0 Å². The first-order valence-electron chi connectivity index (χ1n) is 15.1. The highest BCUT2D eigenvalue weighted by atomic mass is 15.0. The van der Waals surface area contributed by atoms with E-state index in [2.05, 4.69) is 179 Å². The Hall–Kier alpha value is -5.86. The highest BCUT2D eigenvalue weighted by molar-refractivity contribution is 6.26. The molecule has 0 atom stereocenters. The molecule has 0 saturated heterocycles. The lowest BCUT2D eigenvalue weighted by molar-refractivity contribution is 1.17. The first kappa shape index (κ1) is 24.7. The second-order valence-corrected chi connectivity index (χ2v) is 11.4. The largest absolute Gasteiger partial charge is 0.309 e. The molecule has 0 radical (unpaired) electrons. The zero-order chi connectivity index (χ0) is 29.0. The molecule has 0 saturated carbocycles. The van der Waals surface area contributed by atoms with Crippen LogP contribution in [0.2, 0.25) is 0 Å². The summed E-state index contributed by atoms with van der Waals surface area (Å²) in [6.07, 6.45) is 0. The quantitative estimate of drug-likeness (QED) is 0.203. The average Bonchev–Trinajstić information content (AvgIpc) is 3.62. The van der Waals surface area contributed by atoms with E-state index in [0.717, 1.165) is 11.4 Å². The van der Waals surface area contributed by atoms with Gasteiger partial charge >= 0.3 is 0 Å². The van der Waals surface area contributed by atoms with E-state index in [1.165, 1.54) is 65.9 Å². The summed E-state index contributed by atoms with van der Waals surface area (Å²) in [6, 6.07) is 61.4. The first-order valence-corrected chi connectivity index (χ1v) is 15.1. The Balaban J connectivity index is 1.39. The van der Waals surface area contributed by atoms with Gasteiger partial charge in [0.2, 0.25) is 0 Å². The van der Waals surface area contributed by atoms with Gasteiger partial charge in [0.1, 0.15) is 0 Å². The number of rotatable bonds is 4. The van der Waals surface area contributed by atoms with Crippen LogP contribution in [0.1, 0.15) is 0 Å². The summed E-state index contributed by atoms with van der Waals surface area (Å²) in [7, 11) is 0. The molecule has 0 spiro atoms. The van der Waals surface area contributed by atoms with Gasteiger partial charge in [0.05, 0.1) is 22.1 Å². The van der Waals surface area contributed by atoms with Crippen LogP contribution < -0.4 is 0 Å². The molecular weight excluding hydrogens is 532 g/mol. The molecule has 0 aliphatic heterocycles. The Labute approximate surface area is 255 Å². The minimum absolute atomic E-state index is 1.16. The van der Waals surface area contributed by atoms with Gasteiger partial charge in [-0.05, 0) is 64.7 Å². The number of aromatic nitrogens is 2. The van der Waals surface area contributed by atoms with Crippen LogP contribution >= 0.6 is 0 Å². The van der Waals surface area contributed by atoms with Gasteiger partial charge in [-0.3, -0.25) is 0 Å². The maximum Gasteiger partial charge on any atom is 0.0641 e. The molecule has 0 fully saturated rings. The molecule has 0 aliphatic rings. The third kappa shape index (κ3) is 3.75. The van der Waals surface area contributed by atoms with E-state index in [1.54, 1.807) is 0 Å². The van der Waals surface area contributed by atoms with Crippen molar-refractivity contribution in [2.45, 2.75) is 0 Å². The van der Waals surface area contributed by atoms with E-state index in [0.29, 0.717) is 0 Å². The fourth-order valence-electron chi connectivity index (χ4n) is 6.97. The van der Waals surface area contributed by atoms with Crippen molar-refractivity contribution in [3.05, 3.63) is 170 Å². The van der Waals surface area contributed by atoms with Crippen LogP contribution in [0.25, 0.3) is 77.2 Å². The molecule has 0 amide bonds. The van der Waals surface area contributed by atoms with Crippen molar-refractivity contribution >= 4 is 43.6 Å². The number of para-hydroxylation sites is 2. The molecule has 9 aromatic rings. The van der Waals surface area contributed by atoms with E-state index in [-0.39, 0.29) is 0 Å². The van der Waals surface area contributed by atoms with Crippen LogP contribution in [0.4, 0.5) is 0 Å². The fourth-order valence-corrected chi connectivity index (χ4v) is 6.97. The molecule has 2 nitrogen and oxygen atoms in total. The van der Waals surface area contributed by atoms with Crippen molar-refractivity contribution < 1.29 is 0 Å². The first-order chi connectivity index (χ1) is 21.8. The number of benzene rings is 7. The molecule has 2 aromatic heterocycles. The van der Waals surface area contributed by atoms with Gasteiger partial charge in [-0.1, -0.05) is 127 Å². The molecular formula is C42H28N2. The standard InChI is InChI=1S/C42H28N2/c1-3-13-29(14-4-1)31-17-11-19-33(27-31)43-39-24-10-8-22-37(39)41-40(43)26-25-36-35-21-7-9-23-38(35)44(42(36)41)34-20-12-18-32(28-34)30-15-5-2-6-16-30/h1-28H. The second kappa shape index (κ2) is 9.86. The minimum Gasteiger partial charge on any atom is -0.309 e. The van der Waals surface area contributed by atoms with E-state index < -0.39 is 0 Å². The lowest BCUT2D eigenvalue weighted by Gasteiger charge is -2.12. The van der Waals surface area contributed by atoms with E-state index >= 15 is 0 Å². The van der Waals surface area contributed by atoms with E-state index in [9.17, 15) is 0 Å². The van der Waals surface area contributed by atoms with Crippen molar-refractivity contribution in [1.29, 1.82) is 0 Å². The second-order valence-electron chi connectivity index (χ2n) is 11.4. The van der Waals surface area contributed by atoms with Crippen molar-refractivity contribution in [1.82, 2.24) is 9.13 Å². The molecule has 206 valence electrons. The zero-order valence-corrected chi connectivity index (χ0v) is 24.1. The lowest BCUT2D eigenvalue weighted by atomic mass is 10.0. The van der Waals surface area contributed by atoms with Gasteiger partial charge in [-0.15, -0.1) is 0 Å². The van der Waals surface area contributed by atoms with E-state index in [1.807, 2.05) is 0 Å². The average molecular weight is 561 g/mol. The molecule has 0 bridgehead atoms. The number of fused-ring (bicyclic) bond motifs is 7. The molecule has 0 N–H and O–H groups in total. The minimum atomic E-state index is 1.16. The molecule has 2 heteroatoms. The summed E-state index contributed by atoms with van der Waals surface area (Å²) in [5.41, 5.74) is 12.0. The van der Waals surface area contributed by atoms with Crippen molar-refractivity contribution in [2.24, 2.45) is 0 Å². The predicted molar refractivity (Wildman–Crippen MR) is 186 cm³/mol. The molecule has 9 rings (SSSR count). The van der Waals surface area contributed by atoms with Gasteiger partial charge in [-0.2, -0.15) is 0 Å². The monoisotopic (exact) mass is 560 g/mol. The van der Waals surface area contributed by atoms with Gasteiger partial charge < -0.3 is 9.13 Å².